The number of nitrogens with two attached hydrogens (primary N) is 2. The highest BCUT2D eigenvalue weighted by Crippen LogP contribution is 1.92. The van der Waals surface area contributed by atoms with Gasteiger partial charge in [0.2, 0.25) is 11.8 Å². The summed E-state index contributed by atoms with van der Waals surface area (Å²) >= 11 is 0. The predicted octanol–water partition coefficient (Wildman–Crippen LogP) is 1.52. The van der Waals surface area contributed by atoms with Gasteiger partial charge in [-0.15, -0.1) is 0 Å². The van der Waals surface area contributed by atoms with Crippen LogP contribution in [0.25, 0.3) is 0 Å². The van der Waals surface area contributed by atoms with Gasteiger partial charge in [0.15, 0.2) is 0 Å². The summed E-state index contributed by atoms with van der Waals surface area (Å²) in [5.74, 6) is -1.70. The molecule has 5 N–H and O–H groups in total. The molecule has 0 rings (SSSR count). The van der Waals surface area contributed by atoms with Crippen LogP contribution < -0.4 is 11.5 Å². The van der Waals surface area contributed by atoms with E-state index in [9.17, 15) is 14.4 Å². The van der Waals surface area contributed by atoms with Gasteiger partial charge in [-0.05, 0) is 27.2 Å². The number of allylic oxidation sites excluding steroid dienone is 1. The van der Waals surface area contributed by atoms with Crippen LogP contribution in [-0.4, -0.2) is 22.9 Å². The van der Waals surface area contributed by atoms with Crippen LogP contribution in [0.3, 0.4) is 0 Å². The lowest BCUT2D eigenvalue weighted by Crippen LogP contribution is -2.10. The lowest BCUT2D eigenvalue weighted by Gasteiger charge is -1.87. The number of rotatable bonds is 4. The number of carboxylic acids is 1. The standard InChI is InChI=1S/C6H10O2.2C4H7NO/c1-3-4-5(2)6(7)8;2*1-3(2)4(5)6/h4H,3H2,1-2H3,(H,7,8);2*1H2,2H3,(H2,5,6). The van der Waals surface area contributed by atoms with Crippen molar-refractivity contribution in [3.05, 3.63) is 36.0 Å². The predicted molar refractivity (Wildman–Crippen MR) is 79.7 cm³/mol. The van der Waals surface area contributed by atoms with Crippen LogP contribution in [0.1, 0.15) is 34.1 Å². The molecular weight excluding hydrogens is 260 g/mol. The monoisotopic (exact) mass is 284 g/mol. The average Bonchev–Trinajstić information content (AvgIpc) is 2.30. The first kappa shape index (κ1) is 22.8. The Morgan fingerprint density at radius 2 is 1.25 bits per heavy atom. The molecule has 0 aromatic carbocycles. The molecule has 0 aromatic heterocycles. The quantitative estimate of drug-likeness (QED) is 0.677. The number of carboxylic acid groups (broad SMARTS) is 1. The highest BCUT2D eigenvalue weighted by molar-refractivity contribution is 5.90. The highest BCUT2D eigenvalue weighted by Gasteiger charge is 1.95. The van der Waals surface area contributed by atoms with Gasteiger partial charge in [0.25, 0.3) is 0 Å². The summed E-state index contributed by atoms with van der Waals surface area (Å²) in [6.45, 7) is 13.2. The fraction of sp³-hybridized carbons (Fsp3) is 0.357. The van der Waals surface area contributed by atoms with Crippen molar-refractivity contribution in [1.82, 2.24) is 0 Å². The van der Waals surface area contributed by atoms with Crippen molar-refractivity contribution in [2.24, 2.45) is 11.5 Å². The van der Waals surface area contributed by atoms with E-state index in [0.29, 0.717) is 16.7 Å². The first-order chi connectivity index (χ1) is 8.97. The molecule has 114 valence electrons. The number of hydrogen-bond acceptors (Lipinski definition) is 3. The normalized spacial score (nSPS) is 9.10. The molecule has 0 radical (unpaired) electrons. The van der Waals surface area contributed by atoms with Gasteiger partial charge in [-0.1, -0.05) is 26.2 Å². The second-order valence-electron chi connectivity index (χ2n) is 3.89. The smallest absolute Gasteiger partial charge is 0.330 e. The van der Waals surface area contributed by atoms with E-state index in [0.717, 1.165) is 6.42 Å². The number of carbonyl (C=O) groups is 3. The van der Waals surface area contributed by atoms with Crippen molar-refractivity contribution >= 4 is 17.8 Å². The van der Waals surface area contributed by atoms with Gasteiger partial charge in [-0.2, -0.15) is 0 Å². The molecule has 6 nitrogen and oxygen atoms in total. The van der Waals surface area contributed by atoms with Crippen LogP contribution >= 0.6 is 0 Å². The summed E-state index contributed by atoms with van der Waals surface area (Å²) in [5, 5.41) is 8.24. The van der Waals surface area contributed by atoms with Gasteiger partial charge in [-0.25, -0.2) is 4.79 Å². The SMILES string of the molecule is C=C(C)C(N)=O.C=C(C)C(N)=O.CCC=C(C)C(=O)O. The van der Waals surface area contributed by atoms with E-state index in [2.05, 4.69) is 13.2 Å². The van der Waals surface area contributed by atoms with Crippen molar-refractivity contribution in [3.63, 3.8) is 0 Å². The molecule has 20 heavy (non-hydrogen) atoms. The molecule has 0 fully saturated rings. The molecular formula is C14H24N2O4. The van der Waals surface area contributed by atoms with Gasteiger partial charge >= 0.3 is 5.97 Å². The molecule has 0 saturated heterocycles. The molecule has 0 bridgehead atoms. The largest absolute Gasteiger partial charge is 0.478 e. The minimum absolute atomic E-state index is 0.398. The number of primary amides is 2. The van der Waals surface area contributed by atoms with Crippen molar-refractivity contribution in [2.45, 2.75) is 34.1 Å². The van der Waals surface area contributed by atoms with E-state index in [-0.39, 0.29) is 0 Å². The van der Waals surface area contributed by atoms with Crippen LogP contribution in [0.5, 0.6) is 0 Å². The van der Waals surface area contributed by atoms with Gasteiger partial charge in [0.1, 0.15) is 0 Å². The Bertz CT molecular complexity index is 361. The topological polar surface area (TPSA) is 123 Å². The average molecular weight is 284 g/mol. The summed E-state index contributed by atoms with van der Waals surface area (Å²) in [7, 11) is 0. The van der Waals surface area contributed by atoms with Crippen molar-refractivity contribution < 1.29 is 19.5 Å². The van der Waals surface area contributed by atoms with E-state index in [1.54, 1.807) is 26.8 Å². The second-order valence-corrected chi connectivity index (χ2v) is 3.89. The van der Waals surface area contributed by atoms with Crippen molar-refractivity contribution in [2.75, 3.05) is 0 Å². The number of aliphatic carboxylic acids is 1. The van der Waals surface area contributed by atoms with Gasteiger partial charge in [0.05, 0.1) is 0 Å². The second kappa shape index (κ2) is 13.1. The minimum Gasteiger partial charge on any atom is -0.478 e. The Morgan fingerprint density at radius 1 is 1.00 bits per heavy atom. The number of hydrogen-bond donors (Lipinski definition) is 3. The Hall–Kier alpha value is -2.37. The van der Waals surface area contributed by atoms with Crippen LogP contribution in [0.2, 0.25) is 0 Å². The molecule has 0 heterocycles. The van der Waals surface area contributed by atoms with E-state index in [1.165, 1.54) is 0 Å². The zero-order valence-corrected chi connectivity index (χ0v) is 12.5. The zero-order valence-electron chi connectivity index (χ0n) is 12.5. The van der Waals surface area contributed by atoms with E-state index >= 15 is 0 Å². The molecule has 0 aromatic rings. The molecule has 0 aliphatic rings. The first-order valence-corrected chi connectivity index (χ1v) is 5.77. The summed E-state index contributed by atoms with van der Waals surface area (Å²) in [4.78, 5) is 29.7. The lowest BCUT2D eigenvalue weighted by molar-refractivity contribution is -0.132. The molecule has 0 spiro atoms. The Morgan fingerprint density at radius 3 is 1.30 bits per heavy atom. The molecule has 0 aliphatic heterocycles. The third-order valence-electron chi connectivity index (χ3n) is 1.69. The maximum atomic E-state index is 10.0. The summed E-state index contributed by atoms with van der Waals surface area (Å²) in [5.41, 5.74) is 10.6. The van der Waals surface area contributed by atoms with Crippen LogP contribution in [0, 0.1) is 0 Å². The molecule has 0 aliphatic carbocycles. The van der Waals surface area contributed by atoms with Crippen molar-refractivity contribution in [3.8, 4) is 0 Å². The van der Waals surface area contributed by atoms with E-state index in [1.807, 2.05) is 6.92 Å². The van der Waals surface area contributed by atoms with Crippen LogP contribution in [0.15, 0.2) is 36.0 Å². The van der Waals surface area contributed by atoms with E-state index < -0.39 is 17.8 Å². The molecule has 6 heteroatoms. The fourth-order valence-corrected chi connectivity index (χ4v) is 0.393. The van der Waals surface area contributed by atoms with Crippen molar-refractivity contribution in [1.29, 1.82) is 0 Å². The lowest BCUT2D eigenvalue weighted by atomic mass is 10.2. The summed E-state index contributed by atoms with van der Waals surface area (Å²) < 4.78 is 0. The highest BCUT2D eigenvalue weighted by atomic mass is 16.4. The van der Waals surface area contributed by atoms with Gasteiger partial charge in [-0.3, -0.25) is 9.59 Å². The number of carbonyl (C=O) groups excluding carboxylic acids is 2. The first-order valence-electron chi connectivity index (χ1n) is 5.77. The van der Waals surface area contributed by atoms with Gasteiger partial charge in [0, 0.05) is 16.7 Å². The molecule has 2 amide bonds. The maximum Gasteiger partial charge on any atom is 0.330 e. The minimum atomic E-state index is -0.827. The Labute approximate surface area is 119 Å². The summed E-state index contributed by atoms with van der Waals surface area (Å²) in [6, 6.07) is 0. The Kier molecular flexibility index (Phi) is 14.9. The van der Waals surface area contributed by atoms with Crippen LogP contribution in [0.4, 0.5) is 0 Å². The fourth-order valence-electron chi connectivity index (χ4n) is 0.393. The van der Waals surface area contributed by atoms with Crippen LogP contribution in [-0.2, 0) is 14.4 Å². The zero-order chi connectivity index (χ0) is 16.9. The molecule has 0 atom stereocenters. The third-order valence-corrected chi connectivity index (χ3v) is 1.69. The molecule has 0 unspecified atom stereocenters. The summed E-state index contributed by atoms with van der Waals surface area (Å²) in [6.07, 6.45) is 2.47. The number of amides is 2. The van der Waals surface area contributed by atoms with E-state index in [4.69, 9.17) is 16.6 Å². The van der Waals surface area contributed by atoms with Gasteiger partial charge < -0.3 is 16.6 Å². The maximum absolute atomic E-state index is 10.0. The Balaban J connectivity index is -0.000000221. The third kappa shape index (κ3) is 21.0. The molecule has 0 saturated carbocycles.